The normalized spacial score (nSPS) is 27.3. The molecule has 1 aromatic rings. The molecular weight excluding hydrogens is 243 g/mol. The third-order valence-corrected chi connectivity index (χ3v) is 4.48. The predicted octanol–water partition coefficient (Wildman–Crippen LogP) is 2.55. The van der Waals surface area contributed by atoms with Gasteiger partial charge in [-0.3, -0.25) is 0 Å². The summed E-state index contributed by atoms with van der Waals surface area (Å²) in [5.41, 5.74) is 6.83. The summed E-state index contributed by atoms with van der Waals surface area (Å²) < 4.78 is 18.8. The molecule has 3 nitrogen and oxygen atoms in total. The minimum Gasteiger partial charge on any atom is -0.381 e. The SMILES string of the molecule is COC1CCC(CN)(N(C)c2cccc(F)c2)CC1. The highest BCUT2D eigenvalue weighted by atomic mass is 19.1. The van der Waals surface area contributed by atoms with Crippen LogP contribution in [0.5, 0.6) is 0 Å². The summed E-state index contributed by atoms with van der Waals surface area (Å²) in [5, 5.41) is 0. The van der Waals surface area contributed by atoms with Gasteiger partial charge in [-0.2, -0.15) is 0 Å². The van der Waals surface area contributed by atoms with Crippen LogP contribution in [0.1, 0.15) is 25.7 Å². The number of nitrogens with zero attached hydrogens (tertiary/aromatic N) is 1. The van der Waals surface area contributed by atoms with Crippen molar-refractivity contribution in [3.63, 3.8) is 0 Å². The van der Waals surface area contributed by atoms with E-state index >= 15 is 0 Å². The minimum atomic E-state index is -0.206. The van der Waals surface area contributed by atoms with E-state index in [-0.39, 0.29) is 11.4 Å². The summed E-state index contributed by atoms with van der Waals surface area (Å²) in [6.07, 6.45) is 4.31. The lowest BCUT2D eigenvalue weighted by Crippen LogP contribution is -2.55. The zero-order chi connectivity index (χ0) is 13.9. The van der Waals surface area contributed by atoms with Gasteiger partial charge in [-0.15, -0.1) is 0 Å². The van der Waals surface area contributed by atoms with Crippen molar-refractivity contribution in [1.29, 1.82) is 0 Å². The van der Waals surface area contributed by atoms with Gasteiger partial charge in [-0.05, 0) is 43.9 Å². The van der Waals surface area contributed by atoms with E-state index in [2.05, 4.69) is 4.90 Å². The number of hydrogen-bond donors (Lipinski definition) is 1. The average molecular weight is 266 g/mol. The lowest BCUT2D eigenvalue weighted by molar-refractivity contribution is 0.0505. The van der Waals surface area contributed by atoms with Gasteiger partial charge in [-0.1, -0.05) is 6.07 Å². The van der Waals surface area contributed by atoms with Crippen LogP contribution in [0.4, 0.5) is 10.1 Å². The van der Waals surface area contributed by atoms with Gasteiger partial charge < -0.3 is 15.4 Å². The molecule has 0 atom stereocenters. The topological polar surface area (TPSA) is 38.5 Å². The Hall–Kier alpha value is -1.13. The Morgan fingerprint density at radius 1 is 1.42 bits per heavy atom. The van der Waals surface area contributed by atoms with Crippen molar-refractivity contribution in [2.75, 3.05) is 25.6 Å². The number of ether oxygens (including phenoxy) is 1. The molecule has 0 radical (unpaired) electrons. The summed E-state index contributed by atoms with van der Waals surface area (Å²) in [4.78, 5) is 2.14. The number of nitrogens with two attached hydrogens (primary N) is 1. The lowest BCUT2D eigenvalue weighted by Gasteiger charge is -2.46. The smallest absolute Gasteiger partial charge is 0.125 e. The first kappa shape index (κ1) is 14.3. The number of halogens is 1. The minimum absolute atomic E-state index is 0.0805. The standard InChI is InChI=1S/C15H23FN2O/c1-18(13-5-3-4-12(16)10-13)15(11-17)8-6-14(19-2)7-9-15/h3-5,10,14H,6-9,11,17H2,1-2H3. The van der Waals surface area contributed by atoms with Crippen molar-refractivity contribution < 1.29 is 9.13 Å². The summed E-state index contributed by atoms with van der Waals surface area (Å²) >= 11 is 0. The van der Waals surface area contributed by atoms with Crippen molar-refractivity contribution in [2.45, 2.75) is 37.3 Å². The molecule has 0 saturated heterocycles. The van der Waals surface area contributed by atoms with Crippen LogP contribution in [0.15, 0.2) is 24.3 Å². The van der Waals surface area contributed by atoms with E-state index in [1.54, 1.807) is 19.2 Å². The van der Waals surface area contributed by atoms with Crippen LogP contribution in [-0.4, -0.2) is 32.3 Å². The zero-order valence-electron chi connectivity index (χ0n) is 11.7. The predicted molar refractivity (Wildman–Crippen MR) is 75.9 cm³/mol. The van der Waals surface area contributed by atoms with Crippen LogP contribution in [0.25, 0.3) is 0 Å². The molecule has 1 saturated carbocycles. The van der Waals surface area contributed by atoms with Gasteiger partial charge in [0.05, 0.1) is 11.6 Å². The number of rotatable bonds is 4. The molecule has 0 amide bonds. The quantitative estimate of drug-likeness (QED) is 0.910. The molecule has 0 spiro atoms. The average Bonchev–Trinajstić information content (AvgIpc) is 2.46. The molecule has 4 heteroatoms. The van der Waals surface area contributed by atoms with Crippen LogP contribution in [0.3, 0.4) is 0 Å². The number of benzene rings is 1. The second-order valence-corrected chi connectivity index (χ2v) is 5.40. The Bertz CT molecular complexity index is 416. The molecule has 2 rings (SSSR count). The van der Waals surface area contributed by atoms with Gasteiger partial charge in [0.15, 0.2) is 0 Å². The summed E-state index contributed by atoms with van der Waals surface area (Å²) in [7, 11) is 3.77. The summed E-state index contributed by atoms with van der Waals surface area (Å²) in [6.45, 7) is 0.580. The van der Waals surface area contributed by atoms with Gasteiger partial charge in [0.1, 0.15) is 5.82 Å². The van der Waals surface area contributed by atoms with E-state index < -0.39 is 0 Å². The van der Waals surface area contributed by atoms with Gasteiger partial charge in [-0.25, -0.2) is 4.39 Å². The maximum atomic E-state index is 13.4. The number of anilines is 1. The van der Waals surface area contributed by atoms with Crippen LogP contribution < -0.4 is 10.6 Å². The molecule has 1 aromatic carbocycles. The second kappa shape index (κ2) is 5.88. The number of hydrogen-bond acceptors (Lipinski definition) is 3. The molecule has 1 aliphatic rings. The zero-order valence-corrected chi connectivity index (χ0v) is 11.7. The molecule has 2 N–H and O–H groups in total. The number of likely N-dealkylation sites (N-methyl/N-ethyl adjacent to an activating group) is 1. The largest absolute Gasteiger partial charge is 0.381 e. The van der Waals surface area contributed by atoms with Gasteiger partial charge in [0, 0.05) is 26.4 Å². The van der Waals surface area contributed by atoms with E-state index in [4.69, 9.17) is 10.5 Å². The first-order chi connectivity index (χ1) is 9.11. The van der Waals surface area contributed by atoms with Crippen LogP contribution >= 0.6 is 0 Å². The number of methoxy groups -OCH3 is 1. The third kappa shape index (κ3) is 2.90. The Labute approximate surface area is 114 Å². The molecule has 0 aliphatic heterocycles. The molecule has 0 unspecified atom stereocenters. The Kier molecular flexibility index (Phi) is 4.42. The van der Waals surface area contributed by atoms with Crippen molar-refractivity contribution >= 4 is 5.69 Å². The maximum absolute atomic E-state index is 13.4. The molecule has 0 heterocycles. The van der Waals surface area contributed by atoms with Crippen molar-refractivity contribution in [2.24, 2.45) is 5.73 Å². The maximum Gasteiger partial charge on any atom is 0.125 e. The van der Waals surface area contributed by atoms with Gasteiger partial charge in [0.25, 0.3) is 0 Å². The van der Waals surface area contributed by atoms with E-state index in [9.17, 15) is 4.39 Å². The highest BCUT2D eigenvalue weighted by molar-refractivity contribution is 5.48. The van der Waals surface area contributed by atoms with Crippen molar-refractivity contribution in [3.05, 3.63) is 30.1 Å². The highest BCUT2D eigenvalue weighted by Gasteiger charge is 2.38. The van der Waals surface area contributed by atoms with Crippen LogP contribution in [0, 0.1) is 5.82 Å². The second-order valence-electron chi connectivity index (χ2n) is 5.40. The van der Waals surface area contributed by atoms with Crippen LogP contribution in [-0.2, 0) is 4.74 Å². The molecular formula is C15H23FN2O. The van der Waals surface area contributed by atoms with Crippen molar-refractivity contribution in [3.8, 4) is 0 Å². The van der Waals surface area contributed by atoms with Crippen molar-refractivity contribution in [1.82, 2.24) is 0 Å². The molecule has 0 aromatic heterocycles. The fourth-order valence-corrected chi connectivity index (χ4v) is 3.00. The first-order valence-electron chi connectivity index (χ1n) is 6.83. The highest BCUT2D eigenvalue weighted by Crippen LogP contribution is 2.36. The summed E-state index contributed by atoms with van der Waals surface area (Å²) in [6, 6.07) is 6.71. The third-order valence-electron chi connectivity index (χ3n) is 4.48. The molecule has 1 fully saturated rings. The Morgan fingerprint density at radius 3 is 2.63 bits per heavy atom. The van der Waals surface area contributed by atoms with Crippen LogP contribution in [0.2, 0.25) is 0 Å². The van der Waals surface area contributed by atoms with Gasteiger partial charge in [0.2, 0.25) is 0 Å². The fraction of sp³-hybridized carbons (Fsp3) is 0.600. The lowest BCUT2D eigenvalue weighted by atomic mass is 9.79. The molecule has 106 valence electrons. The summed E-state index contributed by atoms with van der Waals surface area (Å²) in [5.74, 6) is -0.206. The van der Waals surface area contributed by atoms with E-state index in [0.29, 0.717) is 12.6 Å². The van der Waals surface area contributed by atoms with E-state index in [1.165, 1.54) is 6.07 Å². The molecule has 19 heavy (non-hydrogen) atoms. The van der Waals surface area contributed by atoms with E-state index in [1.807, 2.05) is 13.1 Å². The molecule has 1 aliphatic carbocycles. The molecule has 0 bridgehead atoms. The van der Waals surface area contributed by atoms with E-state index in [0.717, 1.165) is 31.4 Å². The first-order valence-corrected chi connectivity index (χ1v) is 6.83. The monoisotopic (exact) mass is 266 g/mol. The Morgan fingerprint density at radius 2 is 2.11 bits per heavy atom. The van der Waals surface area contributed by atoms with Gasteiger partial charge >= 0.3 is 0 Å². The Balaban J connectivity index is 2.17. The fourth-order valence-electron chi connectivity index (χ4n) is 3.00.